The highest BCUT2D eigenvalue weighted by atomic mass is 16.5. The van der Waals surface area contributed by atoms with Crippen molar-refractivity contribution in [3.63, 3.8) is 0 Å². The second-order valence-corrected chi connectivity index (χ2v) is 5.12. The SMILES string of the molecule is CC(C)Oc1cccc(C(=O)N2CCOC(CO)C2)c1. The molecule has 1 N–H and O–H groups in total. The van der Waals surface area contributed by atoms with Crippen molar-refractivity contribution >= 4 is 5.91 Å². The summed E-state index contributed by atoms with van der Waals surface area (Å²) in [7, 11) is 0. The standard InChI is InChI=1S/C15H21NO4/c1-11(2)20-13-5-3-4-12(8-13)15(18)16-6-7-19-14(9-16)10-17/h3-5,8,11,14,17H,6-7,9-10H2,1-2H3. The fraction of sp³-hybridized carbons (Fsp3) is 0.533. The minimum absolute atomic E-state index is 0.0547. The molecule has 1 aliphatic rings. The Labute approximate surface area is 119 Å². The molecule has 0 aromatic heterocycles. The Balaban J connectivity index is 2.08. The molecule has 1 amide bonds. The summed E-state index contributed by atoms with van der Waals surface area (Å²) >= 11 is 0. The van der Waals surface area contributed by atoms with E-state index in [0.717, 1.165) is 0 Å². The van der Waals surface area contributed by atoms with Crippen LogP contribution in [0.4, 0.5) is 0 Å². The van der Waals surface area contributed by atoms with Gasteiger partial charge in [-0.1, -0.05) is 6.07 Å². The zero-order valence-electron chi connectivity index (χ0n) is 11.9. The first-order valence-corrected chi connectivity index (χ1v) is 6.88. The van der Waals surface area contributed by atoms with Crippen molar-refractivity contribution in [3.05, 3.63) is 29.8 Å². The summed E-state index contributed by atoms with van der Waals surface area (Å²) in [5.74, 6) is 0.638. The average Bonchev–Trinajstić information content (AvgIpc) is 2.46. The van der Waals surface area contributed by atoms with Crippen LogP contribution in [0.2, 0.25) is 0 Å². The summed E-state index contributed by atoms with van der Waals surface area (Å²) in [5, 5.41) is 9.12. The molecule has 1 fully saturated rings. The Bertz CT molecular complexity index is 461. The second kappa shape index (κ2) is 6.72. The number of nitrogens with zero attached hydrogens (tertiary/aromatic N) is 1. The smallest absolute Gasteiger partial charge is 0.254 e. The molecular weight excluding hydrogens is 258 g/mol. The molecule has 110 valence electrons. The van der Waals surface area contributed by atoms with Crippen LogP contribution < -0.4 is 4.74 Å². The molecule has 0 aliphatic carbocycles. The Hall–Kier alpha value is -1.59. The van der Waals surface area contributed by atoms with Crippen LogP contribution in [-0.4, -0.2) is 54.4 Å². The van der Waals surface area contributed by atoms with Gasteiger partial charge in [0, 0.05) is 18.7 Å². The minimum atomic E-state index is -0.289. The van der Waals surface area contributed by atoms with E-state index in [1.807, 2.05) is 26.0 Å². The van der Waals surface area contributed by atoms with Crippen molar-refractivity contribution in [2.24, 2.45) is 0 Å². The summed E-state index contributed by atoms with van der Waals surface area (Å²) in [6.07, 6.45) is -0.217. The quantitative estimate of drug-likeness (QED) is 0.902. The van der Waals surface area contributed by atoms with Gasteiger partial charge in [-0.3, -0.25) is 4.79 Å². The van der Waals surface area contributed by atoms with Gasteiger partial charge in [-0.2, -0.15) is 0 Å². The fourth-order valence-electron chi connectivity index (χ4n) is 2.17. The van der Waals surface area contributed by atoms with Crippen LogP contribution >= 0.6 is 0 Å². The third kappa shape index (κ3) is 3.71. The molecule has 0 spiro atoms. The number of morpholine rings is 1. The van der Waals surface area contributed by atoms with Gasteiger partial charge in [0.25, 0.3) is 5.91 Å². The van der Waals surface area contributed by atoms with E-state index in [0.29, 0.717) is 31.0 Å². The third-order valence-electron chi connectivity index (χ3n) is 3.08. The molecule has 0 radical (unpaired) electrons. The van der Waals surface area contributed by atoms with Gasteiger partial charge in [0.15, 0.2) is 0 Å². The van der Waals surface area contributed by atoms with Gasteiger partial charge in [-0.25, -0.2) is 0 Å². The Morgan fingerprint density at radius 1 is 1.55 bits per heavy atom. The molecule has 1 heterocycles. The number of amides is 1. The van der Waals surface area contributed by atoms with Gasteiger partial charge >= 0.3 is 0 Å². The van der Waals surface area contributed by atoms with Crippen molar-refractivity contribution < 1.29 is 19.4 Å². The van der Waals surface area contributed by atoms with Gasteiger partial charge in [0.05, 0.1) is 25.4 Å². The van der Waals surface area contributed by atoms with Crippen molar-refractivity contribution in [2.75, 3.05) is 26.3 Å². The maximum Gasteiger partial charge on any atom is 0.254 e. The molecule has 5 nitrogen and oxygen atoms in total. The maximum absolute atomic E-state index is 12.4. The Morgan fingerprint density at radius 3 is 3.05 bits per heavy atom. The largest absolute Gasteiger partial charge is 0.491 e. The third-order valence-corrected chi connectivity index (χ3v) is 3.08. The van der Waals surface area contributed by atoms with Crippen molar-refractivity contribution in [1.29, 1.82) is 0 Å². The molecule has 1 atom stereocenters. The molecule has 1 aliphatic heterocycles. The van der Waals surface area contributed by atoms with Crippen LogP contribution in [0.15, 0.2) is 24.3 Å². The van der Waals surface area contributed by atoms with Crippen LogP contribution in [0.25, 0.3) is 0 Å². The highest BCUT2D eigenvalue weighted by molar-refractivity contribution is 5.94. The van der Waals surface area contributed by atoms with Crippen LogP contribution in [0.5, 0.6) is 5.75 Å². The van der Waals surface area contributed by atoms with E-state index in [2.05, 4.69) is 0 Å². The average molecular weight is 279 g/mol. The zero-order valence-corrected chi connectivity index (χ0v) is 11.9. The van der Waals surface area contributed by atoms with Crippen molar-refractivity contribution in [2.45, 2.75) is 26.1 Å². The van der Waals surface area contributed by atoms with Gasteiger partial charge in [0.1, 0.15) is 5.75 Å². The molecule has 1 aromatic rings. The van der Waals surface area contributed by atoms with Crippen LogP contribution in [0.3, 0.4) is 0 Å². The normalized spacial score (nSPS) is 19.2. The van der Waals surface area contributed by atoms with Crippen molar-refractivity contribution in [1.82, 2.24) is 4.90 Å². The van der Waals surface area contributed by atoms with Gasteiger partial charge in [-0.15, -0.1) is 0 Å². The summed E-state index contributed by atoms with van der Waals surface area (Å²) in [6, 6.07) is 7.19. The molecule has 0 saturated carbocycles. The molecule has 2 rings (SSSR count). The van der Waals surface area contributed by atoms with E-state index in [1.54, 1.807) is 17.0 Å². The maximum atomic E-state index is 12.4. The number of hydrogen-bond donors (Lipinski definition) is 1. The van der Waals surface area contributed by atoms with Gasteiger partial charge in [-0.05, 0) is 32.0 Å². The number of rotatable bonds is 4. The molecular formula is C15H21NO4. The van der Waals surface area contributed by atoms with E-state index >= 15 is 0 Å². The number of aliphatic hydroxyl groups is 1. The van der Waals surface area contributed by atoms with Gasteiger partial charge in [0.2, 0.25) is 0 Å². The highest BCUT2D eigenvalue weighted by Crippen LogP contribution is 2.17. The predicted octanol–water partition coefficient (Wildman–Crippen LogP) is 1.31. The molecule has 0 bridgehead atoms. The topological polar surface area (TPSA) is 59.0 Å². The lowest BCUT2D eigenvalue weighted by Gasteiger charge is -2.32. The van der Waals surface area contributed by atoms with Crippen LogP contribution in [0, 0.1) is 0 Å². The van der Waals surface area contributed by atoms with Gasteiger partial charge < -0.3 is 19.5 Å². The number of ether oxygens (including phenoxy) is 2. The zero-order chi connectivity index (χ0) is 14.5. The first kappa shape index (κ1) is 14.8. The van der Waals surface area contributed by atoms with E-state index in [1.165, 1.54) is 0 Å². The molecule has 20 heavy (non-hydrogen) atoms. The summed E-state index contributed by atoms with van der Waals surface area (Å²) in [5.41, 5.74) is 0.599. The summed E-state index contributed by atoms with van der Waals surface area (Å²) < 4.78 is 11.0. The molecule has 5 heteroatoms. The van der Waals surface area contributed by atoms with Crippen LogP contribution in [0.1, 0.15) is 24.2 Å². The first-order valence-electron chi connectivity index (χ1n) is 6.88. The lowest BCUT2D eigenvalue weighted by Crippen LogP contribution is -2.46. The minimum Gasteiger partial charge on any atom is -0.491 e. The number of carbonyl (C=O) groups excluding carboxylic acids is 1. The second-order valence-electron chi connectivity index (χ2n) is 5.12. The summed E-state index contributed by atoms with van der Waals surface area (Å²) in [6.45, 7) is 5.25. The highest BCUT2D eigenvalue weighted by Gasteiger charge is 2.24. The molecule has 1 saturated heterocycles. The summed E-state index contributed by atoms with van der Waals surface area (Å²) in [4.78, 5) is 14.1. The Kier molecular flexibility index (Phi) is 4.98. The first-order chi connectivity index (χ1) is 9.60. The number of hydrogen-bond acceptors (Lipinski definition) is 4. The lowest BCUT2D eigenvalue weighted by atomic mass is 10.1. The number of benzene rings is 1. The van der Waals surface area contributed by atoms with E-state index in [9.17, 15) is 4.79 Å². The van der Waals surface area contributed by atoms with Crippen LogP contribution in [-0.2, 0) is 4.74 Å². The number of carbonyl (C=O) groups is 1. The monoisotopic (exact) mass is 279 g/mol. The lowest BCUT2D eigenvalue weighted by molar-refractivity contribution is -0.0447. The van der Waals surface area contributed by atoms with Crippen molar-refractivity contribution in [3.8, 4) is 5.75 Å². The van der Waals surface area contributed by atoms with E-state index in [-0.39, 0.29) is 24.7 Å². The van der Waals surface area contributed by atoms with E-state index < -0.39 is 0 Å². The predicted molar refractivity (Wildman–Crippen MR) is 74.9 cm³/mol. The molecule has 1 unspecified atom stereocenters. The van der Waals surface area contributed by atoms with E-state index in [4.69, 9.17) is 14.6 Å². The Morgan fingerprint density at radius 2 is 2.35 bits per heavy atom. The molecule has 1 aromatic carbocycles. The fourth-order valence-corrected chi connectivity index (χ4v) is 2.17. The number of aliphatic hydroxyl groups excluding tert-OH is 1.